The van der Waals surface area contributed by atoms with Crippen molar-refractivity contribution < 1.29 is 13.2 Å². The molecule has 1 N–H and O–H groups in total. The molecule has 0 unspecified atom stereocenters. The van der Waals surface area contributed by atoms with Crippen LogP contribution in [-0.4, -0.2) is 54.0 Å². The molecule has 1 aliphatic rings. The number of aromatic nitrogens is 2. The maximum absolute atomic E-state index is 12.3. The SMILES string of the molecule is CS(=O)(=O)N1CCC[C@H]1C(=O)NCCc1nccc(-c2ccccc2)n1. The summed E-state index contributed by atoms with van der Waals surface area (Å²) in [6, 6.07) is 11.0. The van der Waals surface area contributed by atoms with E-state index < -0.39 is 16.1 Å². The molecule has 0 saturated carbocycles. The monoisotopic (exact) mass is 374 g/mol. The van der Waals surface area contributed by atoms with Crippen LogP contribution in [-0.2, 0) is 21.2 Å². The number of carbonyl (C=O) groups is 1. The van der Waals surface area contributed by atoms with Crippen LogP contribution in [0.4, 0.5) is 0 Å². The van der Waals surface area contributed by atoms with Gasteiger partial charge >= 0.3 is 0 Å². The Kier molecular flexibility index (Phi) is 5.63. The van der Waals surface area contributed by atoms with Gasteiger partial charge in [-0.1, -0.05) is 30.3 Å². The third-order valence-electron chi connectivity index (χ3n) is 4.36. The molecule has 1 fully saturated rings. The Morgan fingerprint density at radius 1 is 1.27 bits per heavy atom. The number of hydrogen-bond acceptors (Lipinski definition) is 5. The number of nitrogens with zero attached hydrogens (tertiary/aromatic N) is 3. The summed E-state index contributed by atoms with van der Waals surface area (Å²) in [5, 5.41) is 2.81. The van der Waals surface area contributed by atoms with Crippen LogP contribution in [0.3, 0.4) is 0 Å². The minimum atomic E-state index is -3.36. The van der Waals surface area contributed by atoms with Crippen LogP contribution in [0.15, 0.2) is 42.6 Å². The van der Waals surface area contributed by atoms with Gasteiger partial charge in [0.25, 0.3) is 0 Å². The first kappa shape index (κ1) is 18.5. The quantitative estimate of drug-likeness (QED) is 0.821. The maximum Gasteiger partial charge on any atom is 0.238 e. The predicted molar refractivity (Wildman–Crippen MR) is 98.8 cm³/mol. The molecule has 1 aromatic heterocycles. The molecule has 1 atom stereocenters. The van der Waals surface area contributed by atoms with Gasteiger partial charge in [-0.15, -0.1) is 0 Å². The second-order valence-corrected chi connectivity index (χ2v) is 8.23. The van der Waals surface area contributed by atoms with Gasteiger partial charge in [-0.3, -0.25) is 4.79 Å². The molecule has 1 amide bonds. The number of benzene rings is 1. The lowest BCUT2D eigenvalue weighted by Gasteiger charge is -2.21. The van der Waals surface area contributed by atoms with E-state index in [0.717, 1.165) is 17.5 Å². The van der Waals surface area contributed by atoms with Crippen LogP contribution in [0.5, 0.6) is 0 Å². The molecule has 1 aromatic carbocycles. The molecule has 26 heavy (non-hydrogen) atoms. The van der Waals surface area contributed by atoms with Gasteiger partial charge in [-0.2, -0.15) is 4.31 Å². The van der Waals surface area contributed by atoms with E-state index in [-0.39, 0.29) is 5.91 Å². The van der Waals surface area contributed by atoms with Crippen LogP contribution in [0, 0.1) is 0 Å². The fourth-order valence-electron chi connectivity index (χ4n) is 3.10. The van der Waals surface area contributed by atoms with E-state index >= 15 is 0 Å². The molecule has 8 heteroatoms. The lowest BCUT2D eigenvalue weighted by molar-refractivity contribution is -0.124. The molecule has 3 rings (SSSR count). The average molecular weight is 374 g/mol. The zero-order valence-corrected chi connectivity index (χ0v) is 15.4. The number of amides is 1. The van der Waals surface area contributed by atoms with Crippen LogP contribution >= 0.6 is 0 Å². The van der Waals surface area contributed by atoms with Crippen LogP contribution < -0.4 is 5.32 Å². The topological polar surface area (TPSA) is 92.3 Å². The number of hydrogen-bond donors (Lipinski definition) is 1. The Hall–Kier alpha value is -2.32. The molecule has 0 radical (unpaired) electrons. The fraction of sp³-hybridized carbons (Fsp3) is 0.389. The summed E-state index contributed by atoms with van der Waals surface area (Å²) in [7, 11) is -3.36. The maximum atomic E-state index is 12.3. The lowest BCUT2D eigenvalue weighted by Crippen LogP contribution is -2.46. The first-order chi connectivity index (χ1) is 12.4. The van der Waals surface area contributed by atoms with Gasteiger partial charge in [0.2, 0.25) is 15.9 Å². The van der Waals surface area contributed by atoms with Crippen LogP contribution in [0.2, 0.25) is 0 Å². The fourth-order valence-corrected chi connectivity index (χ4v) is 4.23. The first-order valence-corrected chi connectivity index (χ1v) is 10.4. The van der Waals surface area contributed by atoms with Crippen LogP contribution in [0.25, 0.3) is 11.3 Å². The molecule has 2 aromatic rings. The summed E-state index contributed by atoms with van der Waals surface area (Å²) in [6.45, 7) is 0.768. The van der Waals surface area contributed by atoms with E-state index in [1.54, 1.807) is 6.20 Å². The third kappa shape index (κ3) is 4.44. The Morgan fingerprint density at radius 3 is 2.77 bits per heavy atom. The van der Waals surface area contributed by atoms with E-state index in [1.807, 2.05) is 36.4 Å². The smallest absolute Gasteiger partial charge is 0.238 e. The molecule has 0 spiro atoms. The second-order valence-electron chi connectivity index (χ2n) is 6.30. The van der Waals surface area contributed by atoms with Gasteiger partial charge in [-0.05, 0) is 18.9 Å². The third-order valence-corrected chi connectivity index (χ3v) is 5.64. The molecule has 1 saturated heterocycles. The van der Waals surface area contributed by atoms with Crippen molar-refractivity contribution in [1.29, 1.82) is 0 Å². The molecule has 138 valence electrons. The normalized spacial score (nSPS) is 18.0. The zero-order valence-electron chi connectivity index (χ0n) is 14.6. The van der Waals surface area contributed by atoms with Crippen molar-refractivity contribution in [1.82, 2.24) is 19.6 Å². The summed E-state index contributed by atoms with van der Waals surface area (Å²) in [6.07, 6.45) is 4.58. The summed E-state index contributed by atoms with van der Waals surface area (Å²) in [5.74, 6) is 0.380. The van der Waals surface area contributed by atoms with E-state index in [1.165, 1.54) is 4.31 Å². The van der Waals surface area contributed by atoms with Gasteiger partial charge in [0.05, 0.1) is 11.9 Å². The Morgan fingerprint density at radius 2 is 2.04 bits per heavy atom. The van der Waals surface area contributed by atoms with E-state index in [2.05, 4.69) is 15.3 Å². The highest BCUT2D eigenvalue weighted by Gasteiger charge is 2.36. The molecular weight excluding hydrogens is 352 g/mol. The number of sulfonamides is 1. The molecule has 7 nitrogen and oxygen atoms in total. The van der Waals surface area contributed by atoms with E-state index in [4.69, 9.17) is 0 Å². The number of rotatable bonds is 6. The highest BCUT2D eigenvalue weighted by Crippen LogP contribution is 2.20. The highest BCUT2D eigenvalue weighted by molar-refractivity contribution is 7.88. The van der Waals surface area contributed by atoms with Gasteiger partial charge in [0.15, 0.2) is 0 Å². The lowest BCUT2D eigenvalue weighted by atomic mass is 10.1. The van der Waals surface area contributed by atoms with Gasteiger partial charge in [-0.25, -0.2) is 18.4 Å². The Labute approximate surface area is 153 Å². The van der Waals surface area contributed by atoms with E-state index in [9.17, 15) is 13.2 Å². The minimum Gasteiger partial charge on any atom is -0.354 e. The largest absolute Gasteiger partial charge is 0.354 e. The van der Waals surface area contributed by atoms with Crippen LogP contribution in [0.1, 0.15) is 18.7 Å². The van der Waals surface area contributed by atoms with Gasteiger partial charge in [0.1, 0.15) is 11.9 Å². The highest BCUT2D eigenvalue weighted by atomic mass is 32.2. The molecular formula is C18H22N4O3S. The molecule has 1 aliphatic heterocycles. The average Bonchev–Trinajstić information content (AvgIpc) is 3.13. The zero-order chi connectivity index (χ0) is 18.6. The molecule has 0 aliphatic carbocycles. The van der Waals surface area contributed by atoms with Gasteiger partial charge < -0.3 is 5.32 Å². The number of carbonyl (C=O) groups excluding carboxylic acids is 1. The van der Waals surface area contributed by atoms with Crippen molar-refractivity contribution in [2.24, 2.45) is 0 Å². The van der Waals surface area contributed by atoms with Crippen molar-refractivity contribution in [3.63, 3.8) is 0 Å². The van der Waals surface area contributed by atoms with Crippen molar-refractivity contribution in [2.75, 3.05) is 19.3 Å². The van der Waals surface area contributed by atoms with Crippen molar-refractivity contribution in [3.8, 4) is 11.3 Å². The molecule has 0 bridgehead atoms. The summed E-state index contributed by atoms with van der Waals surface area (Å²) < 4.78 is 24.8. The Bertz CT molecular complexity index is 871. The van der Waals surface area contributed by atoms with Crippen molar-refractivity contribution in [2.45, 2.75) is 25.3 Å². The minimum absolute atomic E-state index is 0.257. The standard InChI is InChI=1S/C18H22N4O3S/c1-26(24,25)22-13-5-8-16(22)18(23)20-12-10-17-19-11-9-15(21-17)14-6-3-2-4-7-14/h2-4,6-7,9,11,16H,5,8,10,12-13H2,1H3,(H,20,23)/t16-/m0/s1. The Balaban J connectivity index is 1.58. The second kappa shape index (κ2) is 7.92. The predicted octanol–water partition coefficient (Wildman–Crippen LogP) is 1.23. The van der Waals surface area contributed by atoms with Gasteiger partial charge in [0, 0.05) is 31.3 Å². The van der Waals surface area contributed by atoms with Crippen molar-refractivity contribution >= 4 is 15.9 Å². The number of nitrogens with one attached hydrogen (secondary N) is 1. The summed E-state index contributed by atoms with van der Waals surface area (Å²) in [5.41, 5.74) is 1.84. The van der Waals surface area contributed by atoms with Crippen molar-refractivity contribution in [3.05, 3.63) is 48.4 Å². The first-order valence-electron chi connectivity index (χ1n) is 8.57. The van der Waals surface area contributed by atoms with E-state index in [0.29, 0.717) is 38.2 Å². The summed E-state index contributed by atoms with van der Waals surface area (Å²) in [4.78, 5) is 21.1. The molecule has 2 heterocycles. The summed E-state index contributed by atoms with van der Waals surface area (Å²) >= 11 is 0.